The van der Waals surface area contributed by atoms with Crippen LogP contribution in [0.3, 0.4) is 0 Å². The van der Waals surface area contributed by atoms with E-state index in [2.05, 4.69) is 53.7 Å². The predicted molar refractivity (Wildman–Crippen MR) is 170 cm³/mol. The normalized spacial score (nSPS) is 24.8. The van der Waals surface area contributed by atoms with Crippen LogP contribution in [0.15, 0.2) is 11.4 Å². The molecule has 3 aliphatic rings. The quantitative estimate of drug-likeness (QED) is 0.250. The number of ether oxygens (including phenoxy) is 1. The van der Waals surface area contributed by atoms with Gasteiger partial charge in [-0.05, 0) is 51.9 Å². The van der Waals surface area contributed by atoms with Crippen molar-refractivity contribution in [2.75, 3.05) is 7.11 Å². The summed E-state index contributed by atoms with van der Waals surface area (Å²) in [5.74, 6) is -1.76. The molecule has 43 heavy (non-hydrogen) atoms. The van der Waals surface area contributed by atoms with E-state index in [0.717, 1.165) is 81.4 Å². The third kappa shape index (κ3) is 4.68. The summed E-state index contributed by atoms with van der Waals surface area (Å²) in [5.41, 5.74) is 11.3. The fraction of sp³-hybridized carbons (Fsp3) is 0.429. The second-order valence-electron chi connectivity index (χ2n) is 11.8. The van der Waals surface area contributed by atoms with Crippen molar-refractivity contribution < 1.29 is 14.3 Å². The van der Waals surface area contributed by atoms with Crippen molar-refractivity contribution in [2.24, 2.45) is 17.8 Å². The zero-order chi connectivity index (χ0) is 30.0. The van der Waals surface area contributed by atoms with Crippen LogP contribution in [-0.2, 0) is 22.4 Å². The maximum absolute atomic E-state index is 14.0. The monoisotopic (exact) mass is 586 g/mol. The van der Waals surface area contributed by atoms with Crippen LogP contribution in [0.2, 0.25) is 0 Å². The van der Waals surface area contributed by atoms with Gasteiger partial charge in [-0.3, -0.25) is 9.59 Å². The van der Waals surface area contributed by atoms with Crippen LogP contribution in [-0.4, -0.2) is 41.9 Å². The van der Waals surface area contributed by atoms with Crippen molar-refractivity contribution in [2.45, 2.75) is 74.1 Å². The summed E-state index contributed by atoms with van der Waals surface area (Å²) in [5, 5.41) is 6.96. The van der Waals surface area contributed by atoms with Gasteiger partial charge in [-0.15, -0.1) is 33.5 Å². The molecule has 0 radical (unpaired) electrons. The number of Topliss-reactive ketones (excluding diaryl/α,β-unsaturated/α-hetero) is 1. The Morgan fingerprint density at radius 1 is 0.860 bits per heavy atom. The minimum absolute atomic E-state index is 0. The van der Waals surface area contributed by atoms with Crippen molar-refractivity contribution in [3.8, 4) is 0 Å². The molecule has 220 valence electrons. The molecule has 3 atom stereocenters. The van der Waals surface area contributed by atoms with E-state index in [1.54, 1.807) is 0 Å². The third-order valence-corrected chi connectivity index (χ3v) is 9.58. The number of hydrogen-bond donors (Lipinski definition) is 0. The Hall–Kier alpha value is -3.23. The Labute approximate surface area is 269 Å². The summed E-state index contributed by atoms with van der Waals surface area (Å²) in [6, 6.07) is 0. The first-order chi connectivity index (χ1) is 20.1. The molecule has 3 aromatic heterocycles. The van der Waals surface area contributed by atoms with E-state index in [4.69, 9.17) is 25.0 Å². The van der Waals surface area contributed by atoms with Crippen LogP contribution in [0.5, 0.6) is 0 Å². The molecule has 6 rings (SSSR count). The molecule has 2 aliphatic heterocycles. The molecule has 0 amide bonds. The number of fused-ring (bicyclic) bond motifs is 7. The standard InChI is InChI=1S/C35H39N4O3.Mg/c1-9-12-22-18(6)25-13-23-16(4)20(10-2)27(36-23)14-24-17(5)21(11-3)28(37-24)15-26-19(7)29-33(39-26)30(32(22)38-25)31(34(29)40)35(41)42-8;/h13-15,18,22,31H,9-12H2,1-8H3,(H-,38,39,40);/q-3;+2/p-1/b24-14-,25-13-,28-15-;/t18-,22-,31+;/m0./s1. The molecular weight excluding hydrogens is 549 g/mol. The van der Waals surface area contributed by atoms with Crippen LogP contribution in [0.1, 0.15) is 101 Å². The van der Waals surface area contributed by atoms with E-state index in [1.807, 2.05) is 13.0 Å². The zero-order valence-electron chi connectivity index (χ0n) is 26.5. The molecule has 0 saturated carbocycles. The maximum Gasteiger partial charge on any atom is 2.00 e. The summed E-state index contributed by atoms with van der Waals surface area (Å²) < 4.78 is 5.18. The first-order valence-corrected chi connectivity index (χ1v) is 15.1. The first-order valence-electron chi connectivity index (χ1n) is 15.1. The molecule has 0 spiro atoms. The number of ketones is 1. The summed E-state index contributed by atoms with van der Waals surface area (Å²) >= 11 is 0. The third-order valence-electron chi connectivity index (χ3n) is 9.58. The van der Waals surface area contributed by atoms with Gasteiger partial charge in [0.15, 0.2) is 5.78 Å². The number of carbonyl (C=O) groups excluding carboxylic acids is 2. The molecule has 7 nitrogen and oxygen atoms in total. The molecule has 1 fully saturated rings. The van der Waals surface area contributed by atoms with Crippen molar-refractivity contribution in [1.29, 1.82) is 0 Å². The number of esters is 1. The van der Waals surface area contributed by atoms with Gasteiger partial charge >= 0.3 is 29.0 Å². The molecule has 8 bridgehead atoms. The van der Waals surface area contributed by atoms with Gasteiger partial charge in [0, 0.05) is 5.56 Å². The number of methoxy groups -OCH3 is 1. The molecule has 1 aliphatic carbocycles. The average Bonchev–Trinajstić information content (AvgIpc) is 3.70. The van der Waals surface area contributed by atoms with Crippen molar-refractivity contribution in [3.63, 3.8) is 0 Å². The number of hydrogen-bond acceptors (Lipinski definition) is 3. The minimum atomic E-state index is -1.06. The number of aromatic nitrogens is 3. The van der Waals surface area contributed by atoms with Gasteiger partial charge in [0.1, 0.15) is 5.92 Å². The van der Waals surface area contributed by atoms with E-state index in [0.29, 0.717) is 22.5 Å². The second kappa shape index (κ2) is 11.7. The summed E-state index contributed by atoms with van der Waals surface area (Å²) in [6.45, 7) is 14.8. The van der Waals surface area contributed by atoms with E-state index in [-0.39, 0.29) is 40.7 Å². The van der Waals surface area contributed by atoms with Gasteiger partial charge in [0.05, 0.1) is 7.11 Å². The minimum Gasteiger partial charge on any atom is -0.664 e. The van der Waals surface area contributed by atoms with Gasteiger partial charge in [-0.1, -0.05) is 85.7 Å². The topological polar surface area (TPSA) is 99.8 Å². The summed E-state index contributed by atoms with van der Waals surface area (Å²) in [7, 11) is 1.33. The van der Waals surface area contributed by atoms with E-state index >= 15 is 0 Å². The Balaban J connectivity index is 0.00000368. The second-order valence-corrected chi connectivity index (χ2v) is 11.8. The van der Waals surface area contributed by atoms with Gasteiger partial charge in [0.25, 0.3) is 0 Å². The molecular formula is C35H38MgN4O3-2. The van der Waals surface area contributed by atoms with E-state index in [1.165, 1.54) is 12.7 Å². The van der Waals surface area contributed by atoms with Gasteiger partial charge in [-0.2, -0.15) is 11.4 Å². The van der Waals surface area contributed by atoms with Crippen molar-refractivity contribution >= 4 is 58.6 Å². The SMILES string of the molecule is CCC[C@@H]1/C2=C3/c4[n-]c(c(C)c4C(=O)[C@@H]3C(=O)OC)/C=c3\[n-]/c(c(C)c3CC)=C\c3[n-]c(c(C)c3CC)/C=C(\[N-]2)[C@H]1C.[Mg+2]. The number of carbonyl (C=O) groups is 2. The number of rotatable bonds is 5. The van der Waals surface area contributed by atoms with Crippen molar-refractivity contribution in [3.05, 3.63) is 83.6 Å². The number of nitrogens with zero attached hydrogens (tertiary/aromatic N) is 4. The van der Waals surface area contributed by atoms with E-state index in [9.17, 15) is 9.59 Å². The van der Waals surface area contributed by atoms with Gasteiger partial charge in [0.2, 0.25) is 0 Å². The Morgan fingerprint density at radius 2 is 1.53 bits per heavy atom. The summed E-state index contributed by atoms with van der Waals surface area (Å²) in [6.07, 6.45) is 9.70. The number of allylic oxidation sites excluding steroid dienone is 2. The van der Waals surface area contributed by atoms with Crippen LogP contribution in [0, 0.1) is 38.5 Å². The maximum atomic E-state index is 14.0. The van der Waals surface area contributed by atoms with Crippen LogP contribution in [0.4, 0.5) is 0 Å². The van der Waals surface area contributed by atoms with Crippen LogP contribution < -0.4 is 25.7 Å². The van der Waals surface area contributed by atoms with E-state index < -0.39 is 11.9 Å². The van der Waals surface area contributed by atoms with Crippen LogP contribution >= 0.6 is 0 Å². The molecule has 0 unspecified atom stereocenters. The Bertz CT molecular complexity index is 1830. The molecule has 3 aromatic rings. The predicted octanol–water partition coefficient (Wildman–Crippen LogP) is 4.38. The fourth-order valence-electron chi connectivity index (χ4n) is 7.18. The largest absolute Gasteiger partial charge is 2.00 e. The van der Waals surface area contributed by atoms with Crippen LogP contribution in [0.25, 0.3) is 29.1 Å². The van der Waals surface area contributed by atoms with Crippen molar-refractivity contribution in [1.82, 2.24) is 15.0 Å². The first kappa shape index (κ1) is 31.2. The average molecular weight is 587 g/mol. The summed E-state index contributed by atoms with van der Waals surface area (Å²) in [4.78, 5) is 42.4. The van der Waals surface area contributed by atoms with Gasteiger partial charge < -0.3 is 25.0 Å². The zero-order valence-corrected chi connectivity index (χ0v) is 27.9. The fourth-order valence-corrected chi connectivity index (χ4v) is 7.18. The molecule has 0 aromatic carbocycles. The molecule has 1 saturated heterocycles. The Morgan fingerprint density at radius 3 is 2.19 bits per heavy atom. The molecule has 0 N–H and O–H groups in total. The molecule has 5 heterocycles. The smallest absolute Gasteiger partial charge is 0.664 e. The van der Waals surface area contributed by atoms with Gasteiger partial charge in [-0.25, -0.2) is 0 Å². The Kier molecular flexibility index (Phi) is 8.48. The molecule has 8 heteroatoms.